The van der Waals surface area contributed by atoms with E-state index in [-0.39, 0.29) is 5.56 Å². The van der Waals surface area contributed by atoms with Crippen LogP contribution in [0.4, 0.5) is 0 Å². The number of nitrogens with zero attached hydrogens (tertiary/aromatic N) is 3. The SMILES string of the molecule is Cc1csc2nc(CN3CC[C@@H]4CCCC[C@@H]4C3)cc(=O)n12. The first kappa shape index (κ1) is 14.4. The summed E-state index contributed by atoms with van der Waals surface area (Å²) in [6.07, 6.45) is 6.96. The van der Waals surface area contributed by atoms with Gasteiger partial charge in [-0.15, -0.1) is 11.3 Å². The van der Waals surface area contributed by atoms with E-state index < -0.39 is 0 Å². The van der Waals surface area contributed by atoms with E-state index in [2.05, 4.69) is 4.90 Å². The first-order valence-electron chi connectivity index (χ1n) is 8.40. The number of thiazole rings is 1. The van der Waals surface area contributed by atoms with E-state index in [4.69, 9.17) is 4.98 Å². The van der Waals surface area contributed by atoms with E-state index >= 15 is 0 Å². The smallest absolute Gasteiger partial charge is 0.259 e. The largest absolute Gasteiger partial charge is 0.297 e. The summed E-state index contributed by atoms with van der Waals surface area (Å²) in [5.41, 5.74) is 1.97. The zero-order chi connectivity index (χ0) is 15.1. The highest BCUT2D eigenvalue weighted by Crippen LogP contribution is 2.36. The van der Waals surface area contributed by atoms with Crippen LogP contribution in [0.2, 0.25) is 0 Å². The fourth-order valence-electron chi connectivity index (χ4n) is 4.23. The van der Waals surface area contributed by atoms with E-state index in [0.29, 0.717) is 0 Å². The predicted molar refractivity (Wildman–Crippen MR) is 89.4 cm³/mol. The van der Waals surface area contributed by atoms with E-state index in [1.54, 1.807) is 21.8 Å². The number of aryl methyl sites for hydroxylation is 1. The molecule has 2 aromatic heterocycles. The second kappa shape index (κ2) is 5.78. The molecule has 3 heterocycles. The van der Waals surface area contributed by atoms with Gasteiger partial charge < -0.3 is 0 Å². The normalized spacial score (nSPS) is 26.2. The van der Waals surface area contributed by atoms with Crippen molar-refractivity contribution in [1.82, 2.24) is 14.3 Å². The molecule has 0 aromatic carbocycles. The molecule has 0 radical (unpaired) electrons. The van der Waals surface area contributed by atoms with Crippen molar-refractivity contribution in [2.45, 2.75) is 45.6 Å². The lowest BCUT2D eigenvalue weighted by atomic mass is 9.75. The van der Waals surface area contributed by atoms with Crippen molar-refractivity contribution in [1.29, 1.82) is 0 Å². The molecule has 1 saturated heterocycles. The van der Waals surface area contributed by atoms with Gasteiger partial charge in [-0.1, -0.05) is 19.3 Å². The number of hydrogen-bond acceptors (Lipinski definition) is 4. The Hall–Kier alpha value is -1.20. The van der Waals surface area contributed by atoms with Crippen LogP contribution in [0, 0.1) is 18.8 Å². The number of piperidine rings is 1. The fourth-order valence-corrected chi connectivity index (χ4v) is 5.12. The van der Waals surface area contributed by atoms with Crippen LogP contribution >= 0.6 is 11.3 Å². The summed E-state index contributed by atoms with van der Waals surface area (Å²) < 4.78 is 1.71. The first-order valence-corrected chi connectivity index (χ1v) is 9.28. The Morgan fingerprint density at radius 3 is 2.95 bits per heavy atom. The molecule has 22 heavy (non-hydrogen) atoms. The molecule has 4 nitrogen and oxygen atoms in total. The van der Waals surface area contributed by atoms with Crippen LogP contribution in [0.15, 0.2) is 16.2 Å². The molecule has 1 aliphatic heterocycles. The van der Waals surface area contributed by atoms with Crippen LogP contribution < -0.4 is 5.56 Å². The minimum absolute atomic E-state index is 0.0614. The molecule has 0 bridgehead atoms. The Balaban J connectivity index is 1.52. The molecule has 0 amide bonds. The van der Waals surface area contributed by atoms with E-state index in [1.165, 1.54) is 38.6 Å². The van der Waals surface area contributed by atoms with Crippen LogP contribution in [-0.4, -0.2) is 27.4 Å². The zero-order valence-corrected chi connectivity index (χ0v) is 13.9. The maximum absolute atomic E-state index is 12.3. The molecule has 2 aliphatic rings. The van der Waals surface area contributed by atoms with Crippen molar-refractivity contribution in [2.75, 3.05) is 13.1 Å². The van der Waals surface area contributed by atoms with Gasteiger partial charge in [0.2, 0.25) is 0 Å². The van der Waals surface area contributed by atoms with Crippen molar-refractivity contribution in [3.8, 4) is 0 Å². The van der Waals surface area contributed by atoms with Gasteiger partial charge in [0.1, 0.15) is 0 Å². The van der Waals surface area contributed by atoms with Crippen molar-refractivity contribution < 1.29 is 0 Å². The molecule has 4 rings (SSSR count). The second-order valence-corrected chi connectivity index (χ2v) is 7.75. The van der Waals surface area contributed by atoms with Crippen LogP contribution in [0.1, 0.15) is 43.5 Å². The third-order valence-corrected chi connectivity index (χ3v) is 6.33. The molecule has 1 aliphatic carbocycles. The molecule has 0 unspecified atom stereocenters. The van der Waals surface area contributed by atoms with Gasteiger partial charge in [-0.25, -0.2) is 4.98 Å². The molecule has 0 spiro atoms. The topological polar surface area (TPSA) is 37.6 Å². The fraction of sp³-hybridized carbons (Fsp3) is 0.647. The summed E-state index contributed by atoms with van der Waals surface area (Å²) in [6, 6.07) is 1.72. The maximum Gasteiger partial charge on any atom is 0.259 e. The van der Waals surface area contributed by atoms with Gasteiger partial charge in [-0.3, -0.25) is 14.1 Å². The van der Waals surface area contributed by atoms with Crippen LogP contribution in [-0.2, 0) is 6.54 Å². The highest BCUT2D eigenvalue weighted by molar-refractivity contribution is 7.15. The van der Waals surface area contributed by atoms with Crippen molar-refractivity contribution in [3.05, 3.63) is 33.2 Å². The summed E-state index contributed by atoms with van der Waals surface area (Å²) in [5.74, 6) is 1.82. The summed E-state index contributed by atoms with van der Waals surface area (Å²) >= 11 is 1.56. The van der Waals surface area contributed by atoms with Crippen LogP contribution in [0.25, 0.3) is 4.96 Å². The van der Waals surface area contributed by atoms with Gasteiger partial charge in [0.25, 0.3) is 5.56 Å². The maximum atomic E-state index is 12.3. The monoisotopic (exact) mass is 317 g/mol. The second-order valence-electron chi connectivity index (χ2n) is 6.91. The van der Waals surface area contributed by atoms with Crippen LogP contribution in [0.3, 0.4) is 0 Å². The number of hydrogen-bond donors (Lipinski definition) is 0. The lowest BCUT2D eigenvalue weighted by Gasteiger charge is -2.41. The van der Waals surface area contributed by atoms with Gasteiger partial charge in [0.05, 0.1) is 5.69 Å². The van der Waals surface area contributed by atoms with Gasteiger partial charge in [0, 0.05) is 30.2 Å². The summed E-state index contributed by atoms with van der Waals surface area (Å²) in [5, 5.41) is 2.00. The predicted octanol–water partition coefficient (Wildman–Crippen LogP) is 3.08. The molecule has 1 saturated carbocycles. The Bertz CT molecular complexity index is 735. The lowest BCUT2D eigenvalue weighted by molar-refractivity contribution is 0.0812. The van der Waals surface area contributed by atoms with Crippen LogP contribution in [0.5, 0.6) is 0 Å². The average Bonchev–Trinajstić information content (AvgIpc) is 2.89. The number of rotatable bonds is 2. The molecule has 2 fully saturated rings. The summed E-state index contributed by atoms with van der Waals surface area (Å²) in [6.45, 7) is 5.13. The van der Waals surface area contributed by atoms with Crippen molar-refractivity contribution in [2.24, 2.45) is 11.8 Å². The summed E-state index contributed by atoms with van der Waals surface area (Å²) in [7, 11) is 0. The number of likely N-dealkylation sites (tertiary alicyclic amines) is 1. The molecular formula is C17H23N3OS. The Kier molecular flexibility index (Phi) is 3.78. The van der Waals surface area contributed by atoms with E-state index in [0.717, 1.165) is 41.3 Å². The average molecular weight is 317 g/mol. The minimum atomic E-state index is 0.0614. The van der Waals surface area contributed by atoms with Gasteiger partial charge in [-0.2, -0.15) is 0 Å². The summed E-state index contributed by atoms with van der Waals surface area (Å²) in [4.78, 5) is 20.3. The Morgan fingerprint density at radius 1 is 1.27 bits per heavy atom. The van der Waals surface area contributed by atoms with Gasteiger partial charge >= 0.3 is 0 Å². The first-order chi connectivity index (χ1) is 10.7. The van der Waals surface area contributed by atoms with Crippen molar-refractivity contribution in [3.63, 3.8) is 0 Å². The molecular weight excluding hydrogens is 294 g/mol. The molecule has 118 valence electrons. The molecule has 2 atom stereocenters. The Labute approximate surface area is 134 Å². The van der Waals surface area contributed by atoms with E-state index in [1.807, 2.05) is 12.3 Å². The Morgan fingerprint density at radius 2 is 2.09 bits per heavy atom. The quantitative estimate of drug-likeness (QED) is 0.854. The number of aromatic nitrogens is 2. The third-order valence-electron chi connectivity index (χ3n) is 5.39. The van der Waals surface area contributed by atoms with Gasteiger partial charge in [0.15, 0.2) is 4.96 Å². The highest BCUT2D eigenvalue weighted by atomic mass is 32.1. The number of fused-ring (bicyclic) bond motifs is 2. The standard InChI is InChI=1S/C17H23N3OS/c1-12-11-22-17-18-15(8-16(21)20(12)17)10-19-7-6-13-4-2-3-5-14(13)9-19/h8,11,13-14H,2-7,9-10H2,1H3/t13-,14+/m0/s1. The van der Waals surface area contributed by atoms with E-state index in [9.17, 15) is 4.79 Å². The highest BCUT2D eigenvalue weighted by Gasteiger charge is 2.31. The lowest BCUT2D eigenvalue weighted by Crippen LogP contribution is -2.41. The molecule has 2 aromatic rings. The zero-order valence-electron chi connectivity index (χ0n) is 13.1. The minimum Gasteiger partial charge on any atom is -0.297 e. The van der Waals surface area contributed by atoms with Crippen molar-refractivity contribution >= 4 is 16.3 Å². The third kappa shape index (κ3) is 2.61. The molecule has 5 heteroatoms. The molecule has 0 N–H and O–H groups in total. The van der Waals surface area contributed by atoms with Gasteiger partial charge in [-0.05, 0) is 38.1 Å².